The van der Waals surface area contributed by atoms with Gasteiger partial charge in [0.1, 0.15) is 0 Å². The number of rotatable bonds is 3. The summed E-state index contributed by atoms with van der Waals surface area (Å²) in [7, 11) is 0. The van der Waals surface area contributed by atoms with E-state index in [-0.39, 0.29) is 11.8 Å². The maximum atomic E-state index is 13.6. The summed E-state index contributed by atoms with van der Waals surface area (Å²) < 4.78 is 19.5. The average molecular weight is 312 g/mol. The monoisotopic (exact) mass is 311 g/mol. The van der Waals surface area contributed by atoms with Gasteiger partial charge in [0, 0.05) is 28.5 Å². The van der Waals surface area contributed by atoms with E-state index in [1.54, 1.807) is 19.2 Å². The number of aryl methyl sites for hydroxylation is 1. The summed E-state index contributed by atoms with van der Waals surface area (Å²) in [5, 5.41) is 0. The summed E-state index contributed by atoms with van der Waals surface area (Å²) in [4.78, 5) is 8.09. The van der Waals surface area contributed by atoms with Gasteiger partial charge in [0.15, 0.2) is 11.6 Å². The number of hydrogen-bond donors (Lipinski definition) is 1. The SMILES string of the molecule is Cc1nc(Oc2ccc(Br)cc2F)ncc1CN. The predicted octanol–water partition coefficient (Wildman–Crippen LogP) is 2.94. The maximum Gasteiger partial charge on any atom is 0.322 e. The molecule has 0 amide bonds. The van der Waals surface area contributed by atoms with Gasteiger partial charge in [-0.1, -0.05) is 15.9 Å². The summed E-state index contributed by atoms with van der Waals surface area (Å²) in [6.07, 6.45) is 1.58. The summed E-state index contributed by atoms with van der Waals surface area (Å²) in [5.74, 6) is -0.397. The van der Waals surface area contributed by atoms with Gasteiger partial charge in [-0.3, -0.25) is 0 Å². The highest BCUT2D eigenvalue weighted by Crippen LogP contribution is 2.25. The molecule has 1 aromatic heterocycles. The molecule has 94 valence electrons. The van der Waals surface area contributed by atoms with Gasteiger partial charge < -0.3 is 10.5 Å². The molecule has 1 heterocycles. The standard InChI is InChI=1S/C12H11BrFN3O/c1-7-8(5-15)6-16-12(17-7)18-11-3-2-9(13)4-10(11)14/h2-4,6H,5,15H2,1H3. The average Bonchev–Trinajstić information content (AvgIpc) is 2.33. The van der Waals surface area contributed by atoms with Crippen molar-refractivity contribution >= 4 is 15.9 Å². The van der Waals surface area contributed by atoms with E-state index in [1.807, 2.05) is 0 Å². The molecule has 4 nitrogen and oxygen atoms in total. The Morgan fingerprint density at radius 3 is 2.83 bits per heavy atom. The summed E-state index contributed by atoms with van der Waals surface area (Å²) in [5.41, 5.74) is 7.06. The van der Waals surface area contributed by atoms with E-state index in [1.165, 1.54) is 12.1 Å². The van der Waals surface area contributed by atoms with Crippen molar-refractivity contribution in [3.8, 4) is 11.8 Å². The first-order chi connectivity index (χ1) is 8.60. The molecule has 0 aliphatic carbocycles. The van der Waals surface area contributed by atoms with Crippen LogP contribution >= 0.6 is 15.9 Å². The lowest BCUT2D eigenvalue weighted by Gasteiger charge is -2.07. The topological polar surface area (TPSA) is 61.0 Å². The zero-order valence-electron chi connectivity index (χ0n) is 9.65. The van der Waals surface area contributed by atoms with Gasteiger partial charge in [0.2, 0.25) is 0 Å². The molecule has 1 aromatic carbocycles. The Labute approximate surface area is 112 Å². The summed E-state index contributed by atoms with van der Waals surface area (Å²) in [6.45, 7) is 2.16. The largest absolute Gasteiger partial charge is 0.421 e. The Morgan fingerprint density at radius 1 is 1.44 bits per heavy atom. The molecule has 0 fully saturated rings. The fourth-order valence-electron chi connectivity index (χ4n) is 1.38. The van der Waals surface area contributed by atoms with Gasteiger partial charge in [-0.2, -0.15) is 4.98 Å². The highest BCUT2D eigenvalue weighted by Gasteiger charge is 2.08. The van der Waals surface area contributed by atoms with Gasteiger partial charge in [-0.05, 0) is 25.1 Å². The van der Waals surface area contributed by atoms with E-state index < -0.39 is 5.82 Å². The van der Waals surface area contributed by atoms with E-state index in [0.29, 0.717) is 11.0 Å². The highest BCUT2D eigenvalue weighted by molar-refractivity contribution is 9.10. The molecular formula is C12H11BrFN3O. The lowest BCUT2D eigenvalue weighted by molar-refractivity contribution is 0.409. The predicted molar refractivity (Wildman–Crippen MR) is 68.8 cm³/mol. The van der Waals surface area contributed by atoms with Gasteiger partial charge >= 0.3 is 6.01 Å². The van der Waals surface area contributed by atoms with Crippen LogP contribution in [0, 0.1) is 12.7 Å². The van der Waals surface area contributed by atoms with E-state index >= 15 is 0 Å². The van der Waals surface area contributed by atoms with Crippen molar-refractivity contribution < 1.29 is 9.13 Å². The van der Waals surface area contributed by atoms with Gasteiger partial charge in [-0.15, -0.1) is 0 Å². The minimum absolute atomic E-state index is 0.0816. The zero-order valence-corrected chi connectivity index (χ0v) is 11.2. The Balaban J connectivity index is 2.26. The molecule has 0 aliphatic rings. The van der Waals surface area contributed by atoms with Crippen molar-refractivity contribution in [3.05, 3.63) is 45.9 Å². The third kappa shape index (κ3) is 2.83. The second-order valence-electron chi connectivity index (χ2n) is 3.64. The molecule has 0 saturated carbocycles. The number of benzene rings is 1. The number of halogens is 2. The Hall–Kier alpha value is -1.53. The fourth-order valence-corrected chi connectivity index (χ4v) is 1.71. The summed E-state index contributed by atoms with van der Waals surface area (Å²) in [6, 6.07) is 4.61. The number of ether oxygens (including phenoxy) is 1. The van der Waals surface area contributed by atoms with E-state index in [0.717, 1.165) is 11.3 Å². The molecule has 0 saturated heterocycles. The van der Waals surface area contributed by atoms with Gasteiger partial charge in [0.25, 0.3) is 0 Å². The second kappa shape index (κ2) is 5.41. The number of nitrogens with two attached hydrogens (primary N) is 1. The van der Waals surface area contributed by atoms with Crippen LogP contribution < -0.4 is 10.5 Å². The molecule has 0 atom stereocenters. The molecule has 2 rings (SSSR count). The number of hydrogen-bond acceptors (Lipinski definition) is 4. The Morgan fingerprint density at radius 2 is 2.22 bits per heavy atom. The lowest BCUT2D eigenvalue weighted by atomic mass is 10.2. The third-order valence-electron chi connectivity index (χ3n) is 2.37. The van der Waals surface area contributed by atoms with Crippen LogP contribution in [0.4, 0.5) is 4.39 Å². The smallest absolute Gasteiger partial charge is 0.322 e. The van der Waals surface area contributed by atoms with Crippen molar-refractivity contribution in [1.82, 2.24) is 9.97 Å². The van der Waals surface area contributed by atoms with Crippen LogP contribution in [0.5, 0.6) is 11.8 Å². The van der Waals surface area contributed by atoms with Crippen molar-refractivity contribution in [2.75, 3.05) is 0 Å². The van der Waals surface area contributed by atoms with Crippen molar-refractivity contribution in [1.29, 1.82) is 0 Å². The third-order valence-corrected chi connectivity index (χ3v) is 2.87. The van der Waals surface area contributed by atoms with Crippen LogP contribution in [0.25, 0.3) is 0 Å². The molecule has 0 spiro atoms. The van der Waals surface area contributed by atoms with Crippen molar-refractivity contribution in [2.45, 2.75) is 13.5 Å². The first kappa shape index (κ1) is 12.9. The Bertz CT molecular complexity index is 577. The van der Waals surface area contributed by atoms with Crippen LogP contribution in [0.3, 0.4) is 0 Å². The minimum Gasteiger partial charge on any atom is -0.421 e. The normalized spacial score (nSPS) is 10.4. The van der Waals surface area contributed by atoms with Gasteiger partial charge in [-0.25, -0.2) is 9.37 Å². The van der Waals surface area contributed by atoms with E-state index in [4.69, 9.17) is 10.5 Å². The number of aromatic nitrogens is 2. The fraction of sp³-hybridized carbons (Fsp3) is 0.167. The second-order valence-corrected chi connectivity index (χ2v) is 4.56. The zero-order chi connectivity index (χ0) is 13.1. The van der Waals surface area contributed by atoms with Crippen molar-refractivity contribution in [3.63, 3.8) is 0 Å². The molecule has 2 aromatic rings. The molecule has 0 unspecified atom stereocenters. The Kier molecular flexibility index (Phi) is 3.88. The molecule has 6 heteroatoms. The first-order valence-electron chi connectivity index (χ1n) is 5.25. The molecular weight excluding hydrogens is 301 g/mol. The van der Waals surface area contributed by atoms with Gasteiger partial charge in [0.05, 0.1) is 0 Å². The van der Waals surface area contributed by atoms with Crippen LogP contribution in [0.1, 0.15) is 11.3 Å². The molecule has 18 heavy (non-hydrogen) atoms. The number of nitrogens with zero attached hydrogens (tertiary/aromatic N) is 2. The first-order valence-corrected chi connectivity index (χ1v) is 6.05. The summed E-state index contributed by atoms with van der Waals surface area (Å²) >= 11 is 3.17. The quantitative estimate of drug-likeness (QED) is 0.946. The molecule has 0 aliphatic heterocycles. The lowest BCUT2D eigenvalue weighted by Crippen LogP contribution is -2.03. The molecule has 2 N–H and O–H groups in total. The van der Waals surface area contributed by atoms with Crippen LogP contribution in [0.2, 0.25) is 0 Å². The van der Waals surface area contributed by atoms with Crippen LogP contribution in [-0.2, 0) is 6.54 Å². The molecule has 0 radical (unpaired) electrons. The maximum absolute atomic E-state index is 13.6. The highest BCUT2D eigenvalue weighted by atomic mass is 79.9. The van der Waals surface area contributed by atoms with Crippen molar-refractivity contribution in [2.24, 2.45) is 5.73 Å². The van der Waals surface area contributed by atoms with Crippen LogP contribution in [0.15, 0.2) is 28.9 Å². The minimum atomic E-state index is -0.478. The molecule has 0 bridgehead atoms. The van der Waals surface area contributed by atoms with Crippen LogP contribution in [-0.4, -0.2) is 9.97 Å². The van der Waals surface area contributed by atoms with E-state index in [9.17, 15) is 4.39 Å². The van der Waals surface area contributed by atoms with E-state index in [2.05, 4.69) is 25.9 Å².